The summed E-state index contributed by atoms with van der Waals surface area (Å²) in [6, 6.07) is 14.1. The number of fused-ring (bicyclic) bond motifs is 3. The number of phosphoric acid groups is 1. The van der Waals surface area contributed by atoms with Crippen molar-refractivity contribution >= 4 is 13.7 Å². The molecular weight excluding hydrogens is 691 g/mol. The van der Waals surface area contributed by atoms with Crippen LogP contribution in [0, 0.1) is 22.7 Å². The third-order valence-electron chi connectivity index (χ3n) is 10.5. The highest BCUT2D eigenvalue weighted by molar-refractivity contribution is 7.47. The second-order valence-electron chi connectivity index (χ2n) is 14.9. The molecule has 1 amide bonds. The Morgan fingerprint density at radius 1 is 0.846 bits per heavy atom. The van der Waals surface area contributed by atoms with Crippen molar-refractivity contribution in [3.05, 3.63) is 58.7 Å². The highest BCUT2D eigenvalue weighted by Gasteiger charge is 2.55. The number of benzene rings is 2. The van der Waals surface area contributed by atoms with Gasteiger partial charge in [0, 0.05) is 30.6 Å². The van der Waals surface area contributed by atoms with E-state index in [0.29, 0.717) is 47.6 Å². The number of nitriles is 2. The predicted octanol–water partition coefficient (Wildman–Crippen LogP) is 4.90. The molecule has 7 rings (SSSR count). The predicted molar refractivity (Wildman–Crippen MR) is 184 cm³/mol. The monoisotopic (exact) mass is 736 g/mol. The standard InChI is InChI=1S/C37H45N4O10P/c1-36(2)33(31(40-13-6-8-30(40)42)25-19-23(21-38)9-11-27(25)50-36)45-15-17-47-52(43,44)48-18-16-46-34-32(41-14-5-7-29-35(41)49-29)26-20-24(22-39)10-12-28(26)51-37(34,3)4/h9-12,19-20,29,31-35H,5-8,13-18H2,1-4H3,(H,43,44)/t29?,31-,32-,33+,34+,35?/m1/s1. The van der Waals surface area contributed by atoms with Gasteiger partial charge >= 0.3 is 7.82 Å². The van der Waals surface area contributed by atoms with E-state index in [1.807, 2.05) is 39.8 Å². The summed E-state index contributed by atoms with van der Waals surface area (Å²) in [4.78, 5) is 27.5. The molecule has 1 N–H and O–H groups in total. The number of likely N-dealkylation sites (tertiary alicyclic amines) is 2. The number of nitrogens with zero attached hydrogens (tertiary/aromatic N) is 4. The minimum Gasteiger partial charge on any atom is -0.485 e. The van der Waals surface area contributed by atoms with Gasteiger partial charge < -0.3 is 33.5 Å². The highest BCUT2D eigenvalue weighted by atomic mass is 31.2. The van der Waals surface area contributed by atoms with E-state index in [0.717, 1.165) is 24.9 Å². The molecule has 0 bridgehead atoms. The van der Waals surface area contributed by atoms with Gasteiger partial charge in [-0.2, -0.15) is 10.5 Å². The molecular formula is C37H45N4O10P. The minimum atomic E-state index is -4.50. The van der Waals surface area contributed by atoms with Gasteiger partial charge in [-0.25, -0.2) is 4.57 Å². The Bertz CT molecular complexity index is 1820. The van der Waals surface area contributed by atoms with E-state index in [2.05, 4.69) is 17.0 Å². The first-order valence-electron chi connectivity index (χ1n) is 17.8. The van der Waals surface area contributed by atoms with Crippen LogP contribution in [-0.2, 0) is 32.6 Å². The summed E-state index contributed by atoms with van der Waals surface area (Å²) in [6.07, 6.45) is 2.05. The SMILES string of the molecule is CC1(C)Oc2ccc(C#N)cc2[C@@H](N2CCCC2=O)[C@@H]1OCCOP(=O)(O)OCCO[C@H]1[C@H](N2CCCC3OC32)c2cc(C#N)ccc2OC1(C)C. The van der Waals surface area contributed by atoms with Crippen LogP contribution >= 0.6 is 7.82 Å². The van der Waals surface area contributed by atoms with Crippen LogP contribution in [-0.4, -0.2) is 95.9 Å². The lowest BCUT2D eigenvalue weighted by molar-refractivity contribution is -0.150. The Labute approximate surface area is 303 Å². The zero-order valence-electron chi connectivity index (χ0n) is 29.9. The lowest BCUT2D eigenvalue weighted by Gasteiger charge is -2.48. The van der Waals surface area contributed by atoms with E-state index in [4.69, 9.17) is 32.7 Å². The van der Waals surface area contributed by atoms with Gasteiger partial charge in [-0.05, 0) is 83.4 Å². The molecule has 3 unspecified atom stereocenters. The summed E-state index contributed by atoms with van der Waals surface area (Å²) in [5.74, 6) is 1.25. The molecule has 3 fully saturated rings. The van der Waals surface area contributed by atoms with E-state index in [1.165, 1.54) is 0 Å². The van der Waals surface area contributed by atoms with E-state index in [1.54, 1.807) is 29.2 Å². The molecule has 0 radical (unpaired) electrons. The lowest BCUT2D eigenvalue weighted by atomic mass is 9.84. The molecule has 5 heterocycles. The lowest BCUT2D eigenvalue weighted by Crippen LogP contribution is -2.56. The third-order valence-corrected chi connectivity index (χ3v) is 11.5. The van der Waals surface area contributed by atoms with Gasteiger partial charge in [0.25, 0.3) is 0 Å². The fourth-order valence-electron chi connectivity index (χ4n) is 8.11. The second-order valence-corrected chi connectivity index (χ2v) is 16.3. The largest absolute Gasteiger partial charge is 0.485 e. The molecule has 7 atom stereocenters. The first-order chi connectivity index (χ1) is 24.8. The normalized spacial score (nSPS) is 29.7. The number of epoxide rings is 1. The molecule has 0 aliphatic carbocycles. The Hall–Kier alpha value is -3.56. The van der Waals surface area contributed by atoms with Gasteiger partial charge in [-0.15, -0.1) is 0 Å². The number of phosphoric ester groups is 1. The van der Waals surface area contributed by atoms with Gasteiger partial charge in [0.05, 0.1) is 67.9 Å². The first-order valence-corrected chi connectivity index (χ1v) is 19.3. The van der Waals surface area contributed by atoms with Crippen molar-refractivity contribution in [1.29, 1.82) is 10.5 Å². The maximum atomic E-state index is 12.9. The molecule has 14 nitrogen and oxygen atoms in total. The second kappa shape index (κ2) is 14.3. The maximum absolute atomic E-state index is 12.9. The van der Waals surface area contributed by atoms with Crippen molar-refractivity contribution in [3.8, 4) is 23.6 Å². The van der Waals surface area contributed by atoms with Crippen LogP contribution in [0.3, 0.4) is 0 Å². The summed E-state index contributed by atoms with van der Waals surface area (Å²) >= 11 is 0. The summed E-state index contributed by atoms with van der Waals surface area (Å²) in [5.41, 5.74) is 0.816. The van der Waals surface area contributed by atoms with Gasteiger partial charge in [0.2, 0.25) is 5.91 Å². The average molecular weight is 737 g/mol. The van der Waals surface area contributed by atoms with Crippen molar-refractivity contribution in [2.45, 2.75) is 101 Å². The summed E-state index contributed by atoms with van der Waals surface area (Å²) in [6.45, 7) is 8.30. The summed E-state index contributed by atoms with van der Waals surface area (Å²) < 4.78 is 54.8. The molecule has 0 saturated carbocycles. The Balaban J connectivity index is 0.967. The third kappa shape index (κ3) is 7.32. The number of hydrogen-bond donors (Lipinski definition) is 1. The van der Waals surface area contributed by atoms with Crippen LogP contribution in [0.5, 0.6) is 11.5 Å². The van der Waals surface area contributed by atoms with Crippen LogP contribution in [0.2, 0.25) is 0 Å². The molecule has 5 aliphatic heterocycles. The highest BCUT2D eigenvalue weighted by Crippen LogP contribution is 2.50. The molecule has 0 spiro atoms. The molecule has 2 aromatic rings. The first kappa shape index (κ1) is 36.8. The molecule has 15 heteroatoms. The van der Waals surface area contributed by atoms with Crippen molar-refractivity contribution < 1.29 is 47.0 Å². The van der Waals surface area contributed by atoms with Crippen molar-refractivity contribution in [1.82, 2.24) is 9.80 Å². The van der Waals surface area contributed by atoms with Crippen LogP contribution in [0.15, 0.2) is 36.4 Å². The molecule has 52 heavy (non-hydrogen) atoms. The van der Waals surface area contributed by atoms with Crippen LogP contribution in [0.25, 0.3) is 0 Å². The number of carbonyl (C=O) groups is 1. The quantitative estimate of drug-likeness (QED) is 0.177. The molecule has 0 aromatic heterocycles. The van der Waals surface area contributed by atoms with Crippen molar-refractivity contribution in [3.63, 3.8) is 0 Å². The summed E-state index contributed by atoms with van der Waals surface area (Å²) in [7, 11) is -4.50. The number of hydrogen-bond acceptors (Lipinski definition) is 12. The number of rotatable bonds is 12. The van der Waals surface area contributed by atoms with E-state index in [9.17, 15) is 24.8 Å². The molecule has 3 saturated heterocycles. The molecule has 5 aliphatic rings. The molecule has 2 aromatic carbocycles. The Morgan fingerprint density at radius 3 is 1.94 bits per heavy atom. The van der Waals surface area contributed by atoms with Gasteiger partial charge in [-0.1, -0.05) is 0 Å². The van der Waals surface area contributed by atoms with Gasteiger partial charge in [-0.3, -0.25) is 18.7 Å². The average Bonchev–Trinajstić information content (AvgIpc) is 3.79. The molecule has 278 valence electrons. The summed E-state index contributed by atoms with van der Waals surface area (Å²) in [5, 5.41) is 19.2. The fourth-order valence-corrected chi connectivity index (χ4v) is 8.80. The fraction of sp³-hybridized carbons (Fsp3) is 0.595. The van der Waals surface area contributed by atoms with Gasteiger partial charge in [0.15, 0.2) is 0 Å². The zero-order chi connectivity index (χ0) is 36.8. The number of amides is 1. The van der Waals surface area contributed by atoms with Crippen LogP contribution in [0.1, 0.15) is 87.7 Å². The van der Waals surface area contributed by atoms with E-state index < -0.39 is 37.3 Å². The number of carbonyl (C=O) groups excluding carboxylic acids is 1. The topological polar surface area (TPSA) is 176 Å². The van der Waals surface area contributed by atoms with Crippen molar-refractivity contribution in [2.75, 3.05) is 39.5 Å². The Kier molecular flexibility index (Phi) is 10.2. The maximum Gasteiger partial charge on any atom is 0.472 e. The minimum absolute atomic E-state index is 0.0111. The Morgan fingerprint density at radius 2 is 1.40 bits per heavy atom. The smallest absolute Gasteiger partial charge is 0.472 e. The zero-order valence-corrected chi connectivity index (χ0v) is 30.8. The van der Waals surface area contributed by atoms with Crippen molar-refractivity contribution in [2.24, 2.45) is 0 Å². The van der Waals surface area contributed by atoms with E-state index in [-0.39, 0.29) is 50.7 Å². The number of ether oxygens (including phenoxy) is 5. The van der Waals surface area contributed by atoms with Crippen LogP contribution < -0.4 is 9.47 Å². The van der Waals surface area contributed by atoms with Gasteiger partial charge in [0.1, 0.15) is 41.1 Å². The van der Waals surface area contributed by atoms with Crippen LogP contribution in [0.4, 0.5) is 0 Å². The van der Waals surface area contributed by atoms with E-state index >= 15 is 0 Å². The number of piperidine rings is 1.